The van der Waals surface area contributed by atoms with Crippen molar-refractivity contribution in [1.82, 2.24) is 5.32 Å². The summed E-state index contributed by atoms with van der Waals surface area (Å²) in [5.41, 5.74) is 1.17. The van der Waals surface area contributed by atoms with E-state index >= 15 is 0 Å². The van der Waals surface area contributed by atoms with Crippen molar-refractivity contribution in [2.24, 2.45) is 5.92 Å². The van der Waals surface area contributed by atoms with Gasteiger partial charge < -0.3 is 10.2 Å². The number of nitrogens with one attached hydrogen (secondary N) is 1. The molecule has 3 nitrogen and oxygen atoms in total. The molecule has 0 aromatic heterocycles. The fourth-order valence-electron chi connectivity index (χ4n) is 2.49. The van der Waals surface area contributed by atoms with E-state index in [1.165, 1.54) is 5.69 Å². The molecule has 0 fully saturated rings. The average Bonchev–Trinajstić information content (AvgIpc) is 2.97. The summed E-state index contributed by atoms with van der Waals surface area (Å²) in [6, 6.07) is 10.5. The first kappa shape index (κ1) is 14.6. The molecule has 0 radical (unpaired) electrons. The molecule has 1 N–H and O–H groups in total. The number of hydrogen-bond acceptors (Lipinski definition) is 2. The number of allylic oxidation sites excluding steroid dienone is 2. The molecule has 1 aromatic rings. The van der Waals surface area contributed by atoms with Crippen LogP contribution in [0.15, 0.2) is 42.5 Å². The molecule has 1 aromatic carbocycles. The molecule has 0 heterocycles. The highest BCUT2D eigenvalue weighted by Gasteiger charge is 2.15. The first-order valence-corrected chi connectivity index (χ1v) is 7.38. The predicted octanol–water partition coefficient (Wildman–Crippen LogP) is 2.98. The third-order valence-electron chi connectivity index (χ3n) is 3.98. The second-order valence-corrected chi connectivity index (χ2v) is 5.57. The van der Waals surface area contributed by atoms with Crippen molar-refractivity contribution >= 4 is 11.6 Å². The molecule has 2 unspecified atom stereocenters. The summed E-state index contributed by atoms with van der Waals surface area (Å²) in [4.78, 5) is 14.1. The van der Waals surface area contributed by atoms with E-state index < -0.39 is 0 Å². The number of anilines is 1. The van der Waals surface area contributed by atoms with Crippen LogP contribution < -0.4 is 10.2 Å². The summed E-state index contributed by atoms with van der Waals surface area (Å²) >= 11 is 0. The van der Waals surface area contributed by atoms with Gasteiger partial charge in [-0.15, -0.1) is 0 Å². The summed E-state index contributed by atoms with van der Waals surface area (Å²) in [6.07, 6.45) is 7.19. The maximum absolute atomic E-state index is 11.9. The summed E-state index contributed by atoms with van der Waals surface area (Å²) < 4.78 is 0. The lowest BCUT2D eigenvalue weighted by Gasteiger charge is -2.27. The molecule has 0 saturated heterocycles. The first-order chi connectivity index (χ1) is 9.66. The zero-order valence-electron chi connectivity index (χ0n) is 12.4. The minimum atomic E-state index is 0.162. The molecule has 1 aliphatic rings. The van der Waals surface area contributed by atoms with Crippen LogP contribution in [-0.4, -0.2) is 25.5 Å². The highest BCUT2D eigenvalue weighted by molar-refractivity contribution is 5.76. The van der Waals surface area contributed by atoms with E-state index in [9.17, 15) is 4.79 Å². The lowest BCUT2D eigenvalue weighted by Crippen LogP contribution is -2.40. The normalized spacial score (nSPS) is 18.8. The average molecular weight is 272 g/mol. The Balaban J connectivity index is 1.75. The standard InChI is InChI=1S/C17H24N2O/c1-14(19(2)16-10-4-3-5-11-16)13-18-17(20)12-15-8-6-7-9-15/h3-6,8,10-11,14-15H,7,9,12-13H2,1-2H3,(H,18,20). The van der Waals surface area contributed by atoms with E-state index in [1.807, 2.05) is 18.2 Å². The quantitative estimate of drug-likeness (QED) is 0.807. The summed E-state index contributed by atoms with van der Waals surface area (Å²) in [7, 11) is 2.06. The molecule has 0 bridgehead atoms. The van der Waals surface area contributed by atoms with Gasteiger partial charge in [0.25, 0.3) is 0 Å². The number of hydrogen-bond donors (Lipinski definition) is 1. The smallest absolute Gasteiger partial charge is 0.220 e. The Labute approximate surface area is 121 Å². The van der Waals surface area contributed by atoms with Gasteiger partial charge in [0, 0.05) is 31.7 Å². The van der Waals surface area contributed by atoms with Crippen LogP contribution in [0, 0.1) is 5.92 Å². The van der Waals surface area contributed by atoms with Crippen molar-refractivity contribution in [3.63, 3.8) is 0 Å². The lowest BCUT2D eigenvalue weighted by molar-refractivity contribution is -0.121. The van der Waals surface area contributed by atoms with Crippen LogP contribution >= 0.6 is 0 Å². The van der Waals surface area contributed by atoms with Gasteiger partial charge in [-0.05, 0) is 37.8 Å². The number of likely N-dealkylation sites (N-methyl/N-ethyl adjacent to an activating group) is 1. The predicted molar refractivity (Wildman–Crippen MR) is 83.8 cm³/mol. The van der Waals surface area contributed by atoms with E-state index in [4.69, 9.17) is 0 Å². The van der Waals surface area contributed by atoms with Gasteiger partial charge in [-0.2, -0.15) is 0 Å². The fraction of sp³-hybridized carbons (Fsp3) is 0.471. The van der Waals surface area contributed by atoms with Crippen molar-refractivity contribution < 1.29 is 4.79 Å². The third-order valence-corrected chi connectivity index (χ3v) is 3.98. The van der Waals surface area contributed by atoms with Gasteiger partial charge in [0.1, 0.15) is 0 Å². The Hall–Kier alpha value is -1.77. The number of carbonyl (C=O) groups is 1. The zero-order valence-corrected chi connectivity index (χ0v) is 12.4. The van der Waals surface area contributed by atoms with Crippen molar-refractivity contribution in [3.05, 3.63) is 42.5 Å². The molecular weight excluding hydrogens is 248 g/mol. The number of carbonyl (C=O) groups excluding carboxylic acids is 1. The Morgan fingerprint density at radius 3 is 2.80 bits per heavy atom. The molecule has 1 amide bonds. The SMILES string of the molecule is CC(CNC(=O)CC1C=CCC1)N(C)c1ccccc1. The van der Waals surface area contributed by atoms with Crippen LogP contribution in [0.5, 0.6) is 0 Å². The molecule has 2 rings (SSSR count). The van der Waals surface area contributed by atoms with Gasteiger partial charge in [-0.1, -0.05) is 30.4 Å². The molecule has 1 aliphatic carbocycles. The first-order valence-electron chi connectivity index (χ1n) is 7.38. The summed E-state index contributed by atoms with van der Waals surface area (Å²) in [6.45, 7) is 2.81. The van der Waals surface area contributed by atoms with Crippen LogP contribution in [0.3, 0.4) is 0 Å². The minimum absolute atomic E-state index is 0.162. The van der Waals surface area contributed by atoms with Crippen molar-refractivity contribution in [2.75, 3.05) is 18.5 Å². The van der Waals surface area contributed by atoms with Gasteiger partial charge in [-0.3, -0.25) is 4.79 Å². The topological polar surface area (TPSA) is 32.3 Å². The number of amides is 1. The molecule has 108 valence electrons. The molecule has 20 heavy (non-hydrogen) atoms. The molecule has 0 spiro atoms. The van der Waals surface area contributed by atoms with E-state index in [-0.39, 0.29) is 11.9 Å². The fourth-order valence-corrected chi connectivity index (χ4v) is 2.49. The largest absolute Gasteiger partial charge is 0.370 e. The highest BCUT2D eigenvalue weighted by atomic mass is 16.1. The van der Waals surface area contributed by atoms with Gasteiger partial charge in [0.2, 0.25) is 5.91 Å². The van der Waals surface area contributed by atoms with Crippen molar-refractivity contribution in [1.29, 1.82) is 0 Å². The molecular formula is C17H24N2O. The molecule has 2 atom stereocenters. The van der Waals surface area contributed by atoms with Crippen LogP contribution in [0.25, 0.3) is 0 Å². The second-order valence-electron chi connectivity index (χ2n) is 5.57. The van der Waals surface area contributed by atoms with Gasteiger partial charge in [0.15, 0.2) is 0 Å². The number of rotatable bonds is 6. The third kappa shape index (κ3) is 4.12. The van der Waals surface area contributed by atoms with Crippen molar-refractivity contribution in [2.45, 2.75) is 32.2 Å². The number of para-hydroxylation sites is 1. The van der Waals surface area contributed by atoms with Gasteiger partial charge >= 0.3 is 0 Å². The Morgan fingerprint density at radius 2 is 2.15 bits per heavy atom. The minimum Gasteiger partial charge on any atom is -0.370 e. The maximum atomic E-state index is 11.9. The maximum Gasteiger partial charge on any atom is 0.220 e. The second kappa shape index (κ2) is 7.13. The molecule has 3 heteroatoms. The van der Waals surface area contributed by atoms with Crippen LogP contribution in [-0.2, 0) is 4.79 Å². The monoisotopic (exact) mass is 272 g/mol. The van der Waals surface area contributed by atoms with Crippen LogP contribution in [0.4, 0.5) is 5.69 Å². The highest BCUT2D eigenvalue weighted by Crippen LogP contribution is 2.20. The zero-order chi connectivity index (χ0) is 14.4. The Morgan fingerprint density at radius 1 is 1.40 bits per heavy atom. The lowest BCUT2D eigenvalue weighted by atomic mass is 10.1. The van der Waals surface area contributed by atoms with Crippen molar-refractivity contribution in [3.8, 4) is 0 Å². The number of benzene rings is 1. The number of nitrogens with zero attached hydrogens (tertiary/aromatic N) is 1. The Kier molecular flexibility index (Phi) is 5.22. The van der Waals surface area contributed by atoms with Crippen LogP contribution in [0.2, 0.25) is 0 Å². The van der Waals surface area contributed by atoms with E-state index in [0.29, 0.717) is 18.9 Å². The van der Waals surface area contributed by atoms with E-state index in [2.05, 4.69) is 48.5 Å². The summed E-state index contributed by atoms with van der Waals surface area (Å²) in [5.74, 6) is 0.604. The Bertz CT molecular complexity index is 455. The molecule has 0 saturated carbocycles. The van der Waals surface area contributed by atoms with Gasteiger partial charge in [-0.25, -0.2) is 0 Å². The van der Waals surface area contributed by atoms with Gasteiger partial charge in [0.05, 0.1) is 0 Å². The van der Waals surface area contributed by atoms with E-state index in [0.717, 1.165) is 12.8 Å². The summed E-state index contributed by atoms with van der Waals surface area (Å²) in [5, 5.41) is 3.05. The van der Waals surface area contributed by atoms with Crippen LogP contribution in [0.1, 0.15) is 26.2 Å². The van der Waals surface area contributed by atoms with E-state index in [1.54, 1.807) is 0 Å². The molecule has 0 aliphatic heterocycles.